The van der Waals surface area contributed by atoms with Gasteiger partial charge in [0.15, 0.2) is 0 Å². The van der Waals surface area contributed by atoms with Gasteiger partial charge in [0.1, 0.15) is 5.69 Å². The van der Waals surface area contributed by atoms with Crippen molar-refractivity contribution in [2.75, 3.05) is 40.1 Å². The Morgan fingerprint density at radius 3 is 2.53 bits per heavy atom. The predicted octanol–water partition coefficient (Wildman–Crippen LogP) is 3.33. The molecule has 1 aliphatic rings. The van der Waals surface area contributed by atoms with Crippen LogP contribution in [-0.2, 0) is 13.8 Å². The van der Waals surface area contributed by atoms with Crippen LogP contribution in [0.15, 0.2) is 36.4 Å². The summed E-state index contributed by atoms with van der Waals surface area (Å²) in [4.78, 5) is 18.5. The van der Waals surface area contributed by atoms with E-state index in [1.807, 2.05) is 32.0 Å². The first-order chi connectivity index (χ1) is 15.3. The third-order valence-electron chi connectivity index (χ3n) is 5.63. The monoisotopic (exact) mass is 475 g/mol. The highest BCUT2D eigenvalue weighted by Gasteiger charge is 2.36. The maximum absolute atomic E-state index is 14.4. The zero-order valence-corrected chi connectivity index (χ0v) is 20.1. The van der Waals surface area contributed by atoms with E-state index in [1.54, 1.807) is 18.2 Å². The van der Waals surface area contributed by atoms with Crippen LogP contribution in [0.25, 0.3) is 10.9 Å². The van der Waals surface area contributed by atoms with E-state index in [-0.39, 0.29) is 11.6 Å². The van der Waals surface area contributed by atoms with Gasteiger partial charge in [0.25, 0.3) is 13.3 Å². The number of ether oxygens (including phenoxy) is 1. The highest BCUT2D eigenvalue weighted by molar-refractivity contribution is 7.75. The maximum Gasteiger partial charge on any atom is 0.269 e. The molecule has 0 radical (unpaired) electrons. The van der Waals surface area contributed by atoms with E-state index in [0.717, 1.165) is 24.2 Å². The van der Waals surface area contributed by atoms with Gasteiger partial charge in [0, 0.05) is 41.4 Å². The van der Waals surface area contributed by atoms with Crippen LogP contribution in [0.4, 0.5) is 0 Å². The first kappa shape index (κ1) is 23.0. The number of carbonyl (C=O) groups excluding carboxylic acids is 1. The summed E-state index contributed by atoms with van der Waals surface area (Å²) in [5.74, 6) is -0.347. The van der Waals surface area contributed by atoms with Crippen LogP contribution in [0, 0.1) is 13.8 Å². The number of carbonyl (C=O) groups is 1. The van der Waals surface area contributed by atoms with Gasteiger partial charge in [-0.05, 0) is 44.2 Å². The van der Waals surface area contributed by atoms with E-state index in [4.69, 9.17) is 20.9 Å². The largest absolute Gasteiger partial charge is 0.379 e. The molecule has 4 rings (SSSR count). The van der Waals surface area contributed by atoms with Gasteiger partial charge in [-0.1, -0.05) is 28.8 Å². The Hall–Kier alpha value is -2.15. The summed E-state index contributed by atoms with van der Waals surface area (Å²) in [7, 11) is -2.19. The average molecular weight is 476 g/mol. The summed E-state index contributed by atoms with van der Waals surface area (Å²) in [5, 5.41) is 4.92. The number of aryl methyl sites for hydroxylation is 2. The van der Waals surface area contributed by atoms with Gasteiger partial charge in [-0.3, -0.25) is 14.3 Å². The summed E-state index contributed by atoms with van der Waals surface area (Å²) in [5.41, 5.74) is 2.82. The molecule has 1 aromatic heterocycles. The molecule has 1 atom stereocenters. The lowest BCUT2D eigenvalue weighted by atomic mass is 10.2. The maximum atomic E-state index is 14.4. The van der Waals surface area contributed by atoms with Crippen LogP contribution in [0.3, 0.4) is 0 Å². The number of aromatic amines is 1. The zero-order valence-electron chi connectivity index (χ0n) is 18.4. The molecule has 7 nitrogen and oxygen atoms in total. The summed E-state index contributed by atoms with van der Waals surface area (Å²) < 4.78 is 25.5. The molecular formula is C23H27ClN3O4P. The van der Waals surface area contributed by atoms with Crippen LogP contribution in [0.1, 0.15) is 21.6 Å². The molecular weight excluding hydrogens is 449 g/mol. The molecule has 2 N–H and O–H groups in total. The van der Waals surface area contributed by atoms with Gasteiger partial charge >= 0.3 is 0 Å². The lowest BCUT2D eigenvalue weighted by Gasteiger charge is -2.26. The Morgan fingerprint density at radius 2 is 1.88 bits per heavy atom. The van der Waals surface area contributed by atoms with Crippen molar-refractivity contribution in [3.63, 3.8) is 0 Å². The number of nitrogens with one attached hydrogen (secondary N) is 2. The Labute approximate surface area is 192 Å². The van der Waals surface area contributed by atoms with Gasteiger partial charge in [-0.2, -0.15) is 0 Å². The van der Waals surface area contributed by atoms with Crippen LogP contribution >= 0.6 is 19.0 Å². The summed E-state index contributed by atoms with van der Waals surface area (Å²) >= 11 is 6.27. The Balaban J connectivity index is 1.81. The second-order valence-corrected chi connectivity index (χ2v) is 10.9. The number of benzene rings is 2. The molecule has 1 saturated heterocycles. The second-order valence-electron chi connectivity index (χ2n) is 8.01. The van der Waals surface area contributed by atoms with E-state index in [2.05, 4.69) is 15.2 Å². The normalized spacial score (nSPS) is 16.8. The minimum absolute atomic E-state index is 0.222. The van der Waals surface area contributed by atoms with E-state index in [9.17, 15) is 9.36 Å². The molecule has 1 aliphatic heterocycles. The molecule has 170 valence electrons. The van der Waals surface area contributed by atoms with Crippen molar-refractivity contribution in [3.05, 3.63) is 58.2 Å². The van der Waals surface area contributed by atoms with Crippen molar-refractivity contribution in [3.8, 4) is 0 Å². The topological polar surface area (TPSA) is 83.7 Å². The number of halogens is 1. The van der Waals surface area contributed by atoms with Crippen molar-refractivity contribution < 1.29 is 18.6 Å². The van der Waals surface area contributed by atoms with E-state index < -0.39 is 7.37 Å². The first-order valence-electron chi connectivity index (χ1n) is 10.5. The molecule has 1 fully saturated rings. The smallest absolute Gasteiger partial charge is 0.269 e. The number of rotatable bonds is 6. The van der Waals surface area contributed by atoms with Crippen molar-refractivity contribution in [1.82, 2.24) is 15.2 Å². The number of H-pyrrole nitrogens is 1. The highest BCUT2D eigenvalue weighted by atomic mass is 35.5. The van der Waals surface area contributed by atoms with Crippen LogP contribution < -0.4 is 15.9 Å². The quantitative estimate of drug-likeness (QED) is 0.534. The van der Waals surface area contributed by atoms with Crippen molar-refractivity contribution in [2.24, 2.45) is 0 Å². The van der Waals surface area contributed by atoms with E-state index in [0.29, 0.717) is 46.4 Å². The molecule has 9 heteroatoms. The fraction of sp³-hybridized carbons (Fsp3) is 0.348. The van der Waals surface area contributed by atoms with Gasteiger partial charge in [0.2, 0.25) is 0 Å². The number of aromatic nitrogens is 1. The SMILES string of the molecule is COP(=O)(c1cc(C)cc(C)c1)c1c(C(=O)NCN2CCOCC2)[nH]c2ccc(Cl)cc12. The van der Waals surface area contributed by atoms with Gasteiger partial charge < -0.3 is 19.6 Å². The van der Waals surface area contributed by atoms with Gasteiger partial charge in [-0.15, -0.1) is 0 Å². The highest BCUT2D eigenvalue weighted by Crippen LogP contribution is 2.47. The minimum Gasteiger partial charge on any atom is -0.379 e. The fourth-order valence-electron chi connectivity index (χ4n) is 4.10. The van der Waals surface area contributed by atoms with Crippen LogP contribution in [0.2, 0.25) is 5.02 Å². The van der Waals surface area contributed by atoms with Gasteiger partial charge in [-0.25, -0.2) is 0 Å². The number of amides is 1. The van der Waals surface area contributed by atoms with E-state index in [1.165, 1.54) is 7.11 Å². The van der Waals surface area contributed by atoms with Crippen LogP contribution in [0.5, 0.6) is 0 Å². The summed E-state index contributed by atoms with van der Waals surface area (Å²) in [6.07, 6.45) is 0. The number of hydrogen-bond donors (Lipinski definition) is 2. The number of hydrogen-bond acceptors (Lipinski definition) is 5. The molecule has 1 amide bonds. The molecule has 32 heavy (non-hydrogen) atoms. The van der Waals surface area contributed by atoms with E-state index >= 15 is 0 Å². The lowest BCUT2D eigenvalue weighted by molar-refractivity contribution is 0.0334. The predicted molar refractivity (Wildman–Crippen MR) is 128 cm³/mol. The molecule has 0 spiro atoms. The number of morpholine rings is 1. The third-order valence-corrected chi connectivity index (χ3v) is 8.37. The molecule has 0 aliphatic carbocycles. The van der Waals surface area contributed by atoms with Crippen molar-refractivity contribution in [1.29, 1.82) is 0 Å². The fourth-order valence-corrected chi connectivity index (χ4v) is 6.62. The Morgan fingerprint density at radius 1 is 1.19 bits per heavy atom. The molecule has 2 heterocycles. The lowest BCUT2D eigenvalue weighted by Crippen LogP contribution is -2.44. The average Bonchev–Trinajstić information content (AvgIpc) is 3.16. The van der Waals surface area contributed by atoms with Crippen LogP contribution in [-0.4, -0.2) is 55.9 Å². The van der Waals surface area contributed by atoms with Gasteiger partial charge in [0.05, 0.1) is 25.2 Å². The Bertz CT molecular complexity index is 1180. The number of nitrogens with zero attached hydrogens (tertiary/aromatic N) is 1. The summed E-state index contributed by atoms with van der Waals surface area (Å²) in [6.45, 7) is 7.02. The minimum atomic E-state index is -3.61. The molecule has 1 unspecified atom stereocenters. The molecule has 3 aromatic rings. The standard InChI is InChI=1S/C23H27ClN3O4P/c1-15-10-16(2)12-18(11-15)32(29,30-3)22-19-13-17(24)4-5-20(19)26-21(22)23(28)25-14-27-6-8-31-9-7-27/h4-5,10-13,26H,6-9,14H2,1-3H3,(H,25,28). The Kier molecular flexibility index (Phi) is 6.75. The molecule has 2 aromatic carbocycles. The third kappa shape index (κ3) is 4.49. The number of fused-ring (bicyclic) bond motifs is 1. The van der Waals surface area contributed by atoms with Crippen molar-refractivity contribution >= 4 is 46.4 Å². The zero-order chi connectivity index (χ0) is 22.9. The second kappa shape index (κ2) is 9.38. The van der Waals surface area contributed by atoms with Crippen molar-refractivity contribution in [2.45, 2.75) is 13.8 Å². The first-order valence-corrected chi connectivity index (χ1v) is 12.5. The summed E-state index contributed by atoms with van der Waals surface area (Å²) in [6, 6.07) is 10.9. The molecule has 0 saturated carbocycles. The molecule has 0 bridgehead atoms.